The van der Waals surface area contributed by atoms with Crippen LogP contribution in [0.4, 0.5) is 0 Å². The maximum Gasteiger partial charge on any atom is 0.254 e. The second-order valence-corrected chi connectivity index (χ2v) is 7.97. The van der Waals surface area contributed by atoms with Crippen molar-refractivity contribution < 1.29 is 9.53 Å². The fourth-order valence-corrected chi connectivity index (χ4v) is 4.49. The highest BCUT2D eigenvalue weighted by atomic mass is 16.5. The van der Waals surface area contributed by atoms with Gasteiger partial charge in [0.15, 0.2) is 0 Å². The fraction of sp³-hybridized carbons (Fsp3) is 0.435. The van der Waals surface area contributed by atoms with Crippen LogP contribution in [0.15, 0.2) is 48.5 Å². The number of hydrogen-bond acceptors (Lipinski definition) is 3. The summed E-state index contributed by atoms with van der Waals surface area (Å²) in [5, 5.41) is 0. The Morgan fingerprint density at radius 1 is 1.07 bits per heavy atom. The summed E-state index contributed by atoms with van der Waals surface area (Å²) in [6.07, 6.45) is 2.34. The van der Waals surface area contributed by atoms with Crippen molar-refractivity contribution in [1.29, 1.82) is 0 Å². The molecule has 3 heterocycles. The van der Waals surface area contributed by atoms with Crippen LogP contribution in [-0.4, -0.2) is 48.5 Å². The van der Waals surface area contributed by atoms with E-state index >= 15 is 0 Å². The van der Waals surface area contributed by atoms with Gasteiger partial charge in [0.1, 0.15) is 5.75 Å². The minimum atomic E-state index is 0.194. The first-order chi connectivity index (χ1) is 13.1. The number of ether oxygens (including phenoxy) is 1. The van der Waals surface area contributed by atoms with E-state index < -0.39 is 0 Å². The van der Waals surface area contributed by atoms with Gasteiger partial charge in [-0.25, -0.2) is 0 Å². The molecule has 0 unspecified atom stereocenters. The molecule has 0 spiro atoms. The molecule has 1 amide bonds. The van der Waals surface area contributed by atoms with Crippen molar-refractivity contribution in [2.24, 2.45) is 5.92 Å². The van der Waals surface area contributed by atoms with E-state index in [0.29, 0.717) is 12.0 Å². The number of aryl methyl sites for hydroxylation is 1. The molecule has 0 N–H and O–H groups in total. The highest BCUT2D eigenvalue weighted by Gasteiger charge is 2.37. The average molecular weight is 364 g/mol. The normalized spacial score (nSPS) is 22.5. The molecule has 0 aromatic heterocycles. The van der Waals surface area contributed by atoms with E-state index in [0.717, 1.165) is 49.5 Å². The standard InChI is InChI=1S/C23H28N2O2/c1-17-4-3-5-20(12-17)23(26)25-15-19-6-9-21(25)16-24(14-19)13-18-7-10-22(27-2)11-8-18/h3-5,7-8,10-12,19,21H,6,9,13-16H2,1-2H3/t19-,21+/m0/s1. The second-order valence-electron chi connectivity index (χ2n) is 7.97. The number of benzene rings is 2. The molecule has 27 heavy (non-hydrogen) atoms. The molecule has 0 saturated carbocycles. The van der Waals surface area contributed by atoms with E-state index in [1.807, 2.05) is 43.3 Å². The van der Waals surface area contributed by atoms with E-state index in [1.54, 1.807) is 7.11 Å². The number of nitrogens with zero attached hydrogens (tertiary/aromatic N) is 2. The van der Waals surface area contributed by atoms with Crippen molar-refractivity contribution in [3.8, 4) is 5.75 Å². The van der Waals surface area contributed by atoms with Gasteiger partial charge in [0, 0.05) is 37.8 Å². The largest absolute Gasteiger partial charge is 0.497 e. The summed E-state index contributed by atoms with van der Waals surface area (Å²) < 4.78 is 5.26. The van der Waals surface area contributed by atoms with Gasteiger partial charge in [-0.1, -0.05) is 29.8 Å². The van der Waals surface area contributed by atoms with Crippen molar-refractivity contribution in [3.63, 3.8) is 0 Å². The molecule has 2 bridgehead atoms. The summed E-state index contributed by atoms with van der Waals surface area (Å²) in [6.45, 7) is 5.89. The van der Waals surface area contributed by atoms with Gasteiger partial charge in [-0.2, -0.15) is 0 Å². The van der Waals surface area contributed by atoms with Gasteiger partial charge in [0.25, 0.3) is 5.91 Å². The summed E-state index contributed by atoms with van der Waals surface area (Å²) in [6, 6.07) is 16.6. The Morgan fingerprint density at radius 3 is 2.63 bits per heavy atom. The van der Waals surface area contributed by atoms with Gasteiger partial charge in [-0.15, -0.1) is 0 Å². The number of amides is 1. The van der Waals surface area contributed by atoms with E-state index in [9.17, 15) is 4.79 Å². The van der Waals surface area contributed by atoms with Crippen LogP contribution in [-0.2, 0) is 6.54 Å². The Balaban J connectivity index is 1.47. The van der Waals surface area contributed by atoms with Crippen molar-refractivity contribution in [2.45, 2.75) is 32.4 Å². The van der Waals surface area contributed by atoms with Crippen LogP contribution in [0.5, 0.6) is 5.75 Å². The zero-order valence-corrected chi connectivity index (χ0v) is 16.2. The van der Waals surface area contributed by atoms with Crippen molar-refractivity contribution >= 4 is 5.91 Å². The molecule has 4 nitrogen and oxygen atoms in total. The molecule has 3 aliphatic rings. The molecular weight excluding hydrogens is 336 g/mol. The number of rotatable bonds is 4. The van der Waals surface area contributed by atoms with Crippen LogP contribution in [0.25, 0.3) is 0 Å². The number of carbonyl (C=O) groups excluding carboxylic acids is 1. The summed E-state index contributed by atoms with van der Waals surface area (Å²) in [5.41, 5.74) is 3.26. The van der Waals surface area contributed by atoms with E-state index in [2.05, 4.69) is 21.9 Å². The zero-order valence-electron chi connectivity index (χ0n) is 16.2. The second kappa shape index (κ2) is 7.73. The SMILES string of the molecule is COc1ccc(CN2C[C@@H]3CC[C@H](C2)N(C(=O)c2cccc(C)c2)C3)cc1. The molecule has 2 aromatic rings. The van der Waals surface area contributed by atoms with Gasteiger partial charge in [-0.05, 0) is 55.5 Å². The molecule has 2 atom stereocenters. The smallest absolute Gasteiger partial charge is 0.254 e. The van der Waals surface area contributed by atoms with Crippen molar-refractivity contribution in [3.05, 3.63) is 65.2 Å². The fourth-order valence-electron chi connectivity index (χ4n) is 4.49. The molecule has 2 aromatic carbocycles. The summed E-state index contributed by atoms with van der Waals surface area (Å²) >= 11 is 0. The Morgan fingerprint density at radius 2 is 1.89 bits per heavy atom. The Hall–Kier alpha value is -2.33. The third-order valence-corrected chi connectivity index (χ3v) is 5.88. The monoisotopic (exact) mass is 364 g/mol. The van der Waals surface area contributed by atoms with Crippen LogP contribution in [0, 0.1) is 12.8 Å². The molecule has 142 valence electrons. The molecule has 5 rings (SSSR count). The van der Waals surface area contributed by atoms with Crippen LogP contribution < -0.4 is 4.74 Å². The number of piperidine rings is 1. The lowest BCUT2D eigenvalue weighted by Gasteiger charge is -2.36. The first kappa shape index (κ1) is 18.1. The average Bonchev–Trinajstić information content (AvgIpc) is 2.98. The van der Waals surface area contributed by atoms with Crippen molar-refractivity contribution in [2.75, 3.05) is 26.7 Å². The maximum atomic E-state index is 13.1. The highest BCUT2D eigenvalue weighted by Crippen LogP contribution is 2.30. The van der Waals surface area contributed by atoms with Crippen molar-refractivity contribution in [1.82, 2.24) is 9.80 Å². The van der Waals surface area contributed by atoms with Crippen LogP contribution in [0.1, 0.15) is 34.3 Å². The van der Waals surface area contributed by atoms with Crippen LogP contribution in [0.3, 0.4) is 0 Å². The number of fused-ring (bicyclic) bond motifs is 4. The van der Waals surface area contributed by atoms with Gasteiger partial charge >= 0.3 is 0 Å². The predicted octanol–water partition coefficient (Wildman–Crippen LogP) is 3.74. The Bertz CT molecular complexity index is 802. The van der Waals surface area contributed by atoms with Gasteiger partial charge in [0.05, 0.1) is 7.11 Å². The van der Waals surface area contributed by atoms with Crippen LogP contribution in [0.2, 0.25) is 0 Å². The number of methoxy groups -OCH3 is 1. The molecule has 0 radical (unpaired) electrons. The molecule has 0 aliphatic carbocycles. The van der Waals surface area contributed by atoms with Gasteiger partial charge < -0.3 is 9.64 Å². The van der Waals surface area contributed by atoms with E-state index in [-0.39, 0.29) is 5.91 Å². The van der Waals surface area contributed by atoms with E-state index in [1.165, 1.54) is 12.0 Å². The minimum Gasteiger partial charge on any atom is -0.497 e. The highest BCUT2D eigenvalue weighted by molar-refractivity contribution is 5.94. The lowest BCUT2D eigenvalue weighted by Crippen LogP contribution is -2.47. The zero-order chi connectivity index (χ0) is 18.8. The molecule has 3 fully saturated rings. The van der Waals surface area contributed by atoms with Gasteiger partial charge in [0.2, 0.25) is 0 Å². The number of hydrogen-bond donors (Lipinski definition) is 0. The molecule has 3 saturated heterocycles. The van der Waals surface area contributed by atoms with Gasteiger partial charge in [-0.3, -0.25) is 9.69 Å². The number of carbonyl (C=O) groups is 1. The first-order valence-corrected chi connectivity index (χ1v) is 9.85. The predicted molar refractivity (Wildman–Crippen MR) is 107 cm³/mol. The Labute approximate surface area is 161 Å². The third-order valence-electron chi connectivity index (χ3n) is 5.88. The topological polar surface area (TPSA) is 32.8 Å². The summed E-state index contributed by atoms with van der Waals surface area (Å²) in [4.78, 5) is 17.8. The summed E-state index contributed by atoms with van der Waals surface area (Å²) in [5.74, 6) is 1.65. The summed E-state index contributed by atoms with van der Waals surface area (Å²) in [7, 11) is 1.70. The Kier molecular flexibility index (Phi) is 5.17. The lowest BCUT2D eigenvalue weighted by molar-refractivity contribution is 0.0585. The minimum absolute atomic E-state index is 0.194. The van der Waals surface area contributed by atoms with Crippen LogP contribution >= 0.6 is 0 Å². The third kappa shape index (κ3) is 4.01. The first-order valence-electron chi connectivity index (χ1n) is 9.85. The maximum absolute atomic E-state index is 13.1. The van der Waals surface area contributed by atoms with E-state index in [4.69, 9.17) is 4.74 Å². The molecule has 4 heteroatoms. The quantitative estimate of drug-likeness (QED) is 0.828. The lowest BCUT2D eigenvalue weighted by atomic mass is 9.94. The molecular formula is C23H28N2O2. The molecule has 3 aliphatic heterocycles.